The molecule has 1 aromatic heterocycles. The van der Waals surface area contributed by atoms with Gasteiger partial charge in [0.25, 0.3) is 5.91 Å². The number of aromatic nitrogens is 1. The monoisotopic (exact) mass is 389 g/mol. The number of primary amides is 1. The lowest BCUT2D eigenvalue weighted by Gasteiger charge is -2.30. The number of hydrogen-bond acceptors (Lipinski definition) is 6. The molecular weight excluding hydrogens is 366 g/mol. The number of carbonyl (C=O) groups excluding carboxylic acids is 2. The molecular formula is C19H23N3O4S. The van der Waals surface area contributed by atoms with Crippen molar-refractivity contribution in [2.45, 2.75) is 19.8 Å². The van der Waals surface area contributed by atoms with E-state index in [9.17, 15) is 9.59 Å². The summed E-state index contributed by atoms with van der Waals surface area (Å²) in [6.45, 7) is 2.91. The Hall–Kier alpha value is -2.61. The lowest BCUT2D eigenvalue weighted by molar-refractivity contribution is -0.123. The summed E-state index contributed by atoms with van der Waals surface area (Å²) in [5.41, 5.74) is 6.94. The van der Waals surface area contributed by atoms with Gasteiger partial charge in [-0.05, 0) is 38.0 Å². The number of carbonyl (C=O) groups is 2. The molecule has 0 radical (unpaired) electrons. The Bertz CT molecular complexity index is 857. The van der Waals surface area contributed by atoms with Gasteiger partial charge >= 0.3 is 0 Å². The highest BCUT2D eigenvalue weighted by Gasteiger charge is 2.28. The SMILES string of the molecule is COc1ccc(-c2nc(C)c(C(=O)N3CCC(C(N)=O)CC3)s2)cc1OC. The van der Waals surface area contributed by atoms with Crippen LogP contribution in [0, 0.1) is 12.8 Å². The van der Waals surface area contributed by atoms with E-state index in [1.165, 1.54) is 11.3 Å². The third-order valence-corrected chi connectivity index (χ3v) is 6.00. The molecule has 1 aliphatic heterocycles. The van der Waals surface area contributed by atoms with Crippen LogP contribution < -0.4 is 15.2 Å². The Morgan fingerprint density at radius 3 is 2.44 bits per heavy atom. The summed E-state index contributed by atoms with van der Waals surface area (Å²) < 4.78 is 10.6. The molecule has 1 saturated heterocycles. The zero-order valence-electron chi connectivity index (χ0n) is 15.7. The lowest BCUT2D eigenvalue weighted by atomic mass is 9.96. The number of nitrogens with two attached hydrogens (primary N) is 1. The van der Waals surface area contributed by atoms with Crippen LogP contribution in [0.1, 0.15) is 28.2 Å². The summed E-state index contributed by atoms with van der Waals surface area (Å²) in [7, 11) is 3.17. The third kappa shape index (κ3) is 3.90. The van der Waals surface area contributed by atoms with Gasteiger partial charge in [0.15, 0.2) is 11.5 Å². The summed E-state index contributed by atoms with van der Waals surface area (Å²) in [6.07, 6.45) is 1.23. The third-order valence-electron chi connectivity index (χ3n) is 4.81. The number of amides is 2. The van der Waals surface area contributed by atoms with E-state index in [2.05, 4.69) is 4.98 Å². The predicted molar refractivity (Wildman–Crippen MR) is 103 cm³/mol. The normalized spacial score (nSPS) is 14.9. The summed E-state index contributed by atoms with van der Waals surface area (Å²) in [4.78, 5) is 31.2. The van der Waals surface area contributed by atoms with Crippen LogP contribution in [0.25, 0.3) is 10.6 Å². The van der Waals surface area contributed by atoms with Crippen molar-refractivity contribution in [3.63, 3.8) is 0 Å². The van der Waals surface area contributed by atoms with E-state index in [-0.39, 0.29) is 17.7 Å². The number of methoxy groups -OCH3 is 2. The number of nitrogens with zero attached hydrogens (tertiary/aromatic N) is 2. The first-order valence-corrected chi connectivity index (χ1v) is 9.54. The molecule has 27 heavy (non-hydrogen) atoms. The van der Waals surface area contributed by atoms with E-state index in [1.54, 1.807) is 19.1 Å². The highest BCUT2D eigenvalue weighted by molar-refractivity contribution is 7.17. The minimum Gasteiger partial charge on any atom is -0.493 e. The van der Waals surface area contributed by atoms with E-state index >= 15 is 0 Å². The van der Waals surface area contributed by atoms with Gasteiger partial charge in [-0.3, -0.25) is 9.59 Å². The fourth-order valence-corrected chi connectivity index (χ4v) is 4.23. The Morgan fingerprint density at radius 2 is 1.85 bits per heavy atom. The van der Waals surface area contributed by atoms with E-state index in [0.29, 0.717) is 48.0 Å². The van der Waals surface area contributed by atoms with Gasteiger partial charge in [-0.1, -0.05) is 0 Å². The highest BCUT2D eigenvalue weighted by Crippen LogP contribution is 2.35. The Balaban J connectivity index is 1.80. The minimum atomic E-state index is -0.285. The molecule has 0 bridgehead atoms. The van der Waals surface area contributed by atoms with Crippen molar-refractivity contribution in [2.75, 3.05) is 27.3 Å². The second-order valence-electron chi connectivity index (χ2n) is 6.47. The molecule has 1 aliphatic rings. The van der Waals surface area contributed by atoms with Crippen LogP contribution in [0.2, 0.25) is 0 Å². The van der Waals surface area contributed by atoms with E-state index in [4.69, 9.17) is 15.2 Å². The summed E-state index contributed by atoms with van der Waals surface area (Å²) in [5, 5.41) is 0.754. The maximum absolute atomic E-state index is 12.9. The molecule has 0 atom stereocenters. The summed E-state index contributed by atoms with van der Waals surface area (Å²) in [6, 6.07) is 5.57. The van der Waals surface area contributed by atoms with Gasteiger partial charge in [-0.2, -0.15) is 0 Å². The van der Waals surface area contributed by atoms with Crippen LogP contribution in [0.4, 0.5) is 0 Å². The maximum atomic E-state index is 12.9. The molecule has 0 aliphatic carbocycles. The van der Waals surface area contributed by atoms with Crippen LogP contribution in [0.15, 0.2) is 18.2 Å². The first-order valence-electron chi connectivity index (χ1n) is 8.73. The Morgan fingerprint density at radius 1 is 1.19 bits per heavy atom. The fraction of sp³-hybridized carbons (Fsp3) is 0.421. The topological polar surface area (TPSA) is 94.8 Å². The van der Waals surface area contributed by atoms with Gasteiger partial charge in [0.2, 0.25) is 5.91 Å². The van der Waals surface area contributed by atoms with Crippen LogP contribution >= 0.6 is 11.3 Å². The van der Waals surface area contributed by atoms with Crippen molar-refractivity contribution >= 4 is 23.2 Å². The average molecular weight is 389 g/mol. The van der Waals surface area contributed by atoms with E-state index < -0.39 is 0 Å². The number of ether oxygens (including phenoxy) is 2. The van der Waals surface area contributed by atoms with Crippen LogP contribution in [-0.4, -0.2) is 49.0 Å². The van der Waals surface area contributed by atoms with Gasteiger partial charge in [-0.15, -0.1) is 11.3 Å². The van der Waals surface area contributed by atoms with Crippen molar-refractivity contribution < 1.29 is 19.1 Å². The molecule has 0 spiro atoms. The van der Waals surface area contributed by atoms with Gasteiger partial charge in [0.1, 0.15) is 9.88 Å². The average Bonchev–Trinajstić information content (AvgIpc) is 3.08. The Labute approximate surface area is 162 Å². The van der Waals surface area contributed by atoms with Crippen molar-refractivity contribution in [3.05, 3.63) is 28.8 Å². The standard InChI is InChI=1S/C19H23N3O4S/c1-11-16(19(24)22-8-6-12(7-9-22)17(20)23)27-18(21-11)13-4-5-14(25-2)15(10-13)26-3/h4-5,10,12H,6-9H2,1-3H3,(H2,20,23). The number of likely N-dealkylation sites (tertiary alicyclic amines) is 1. The molecule has 1 fully saturated rings. The van der Waals surface area contributed by atoms with Crippen molar-refractivity contribution in [3.8, 4) is 22.1 Å². The smallest absolute Gasteiger partial charge is 0.265 e. The number of hydrogen-bond donors (Lipinski definition) is 1. The lowest BCUT2D eigenvalue weighted by Crippen LogP contribution is -2.41. The first-order chi connectivity index (χ1) is 12.9. The van der Waals surface area contributed by atoms with Crippen LogP contribution in [0.3, 0.4) is 0 Å². The van der Waals surface area contributed by atoms with Crippen molar-refractivity contribution in [1.82, 2.24) is 9.88 Å². The number of rotatable bonds is 5. The molecule has 8 heteroatoms. The highest BCUT2D eigenvalue weighted by atomic mass is 32.1. The van der Waals surface area contributed by atoms with Gasteiger partial charge in [0.05, 0.1) is 19.9 Å². The van der Waals surface area contributed by atoms with Gasteiger partial charge in [-0.25, -0.2) is 4.98 Å². The van der Waals surface area contributed by atoms with Gasteiger partial charge in [0, 0.05) is 24.6 Å². The second-order valence-corrected chi connectivity index (χ2v) is 7.47. The zero-order valence-corrected chi connectivity index (χ0v) is 16.5. The van der Waals surface area contributed by atoms with Gasteiger partial charge < -0.3 is 20.1 Å². The molecule has 0 unspecified atom stereocenters. The number of piperidine rings is 1. The second kappa shape index (κ2) is 7.96. The van der Waals surface area contributed by atoms with Crippen LogP contribution in [0.5, 0.6) is 11.5 Å². The van der Waals surface area contributed by atoms with Crippen molar-refractivity contribution in [1.29, 1.82) is 0 Å². The molecule has 2 amide bonds. The summed E-state index contributed by atoms with van der Waals surface area (Å²) in [5.74, 6) is 0.790. The molecule has 3 rings (SSSR count). The van der Waals surface area contributed by atoms with Crippen LogP contribution in [-0.2, 0) is 4.79 Å². The molecule has 2 N–H and O–H groups in total. The van der Waals surface area contributed by atoms with E-state index in [1.807, 2.05) is 25.1 Å². The molecule has 2 heterocycles. The molecule has 7 nitrogen and oxygen atoms in total. The maximum Gasteiger partial charge on any atom is 0.265 e. The quantitative estimate of drug-likeness (QED) is 0.848. The number of thiazole rings is 1. The number of benzene rings is 1. The molecule has 0 saturated carbocycles. The summed E-state index contributed by atoms with van der Waals surface area (Å²) >= 11 is 1.36. The first kappa shape index (κ1) is 19.2. The minimum absolute atomic E-state index is 0.0420. The molecule has 2 aromatic rings. The zero-order chi connectivity index (χ0) is 19.6. The fourth-order valence-electron chi connectivity index (χ4n) is 3.20. The largest absolute Gasteiger partial charge is 0.493 e. The van der Waals surface area contributed by atoms with E-state index in [0.717, 1.165) is 10.6 Å². The number of aryl methyl sites for hydroxylation is 1. The Kier molecular flexibility index (Phi) is 5.65. The molecule has 1 aromatic carbocycles. The molecule has 144 valence electrons. The van der Waals surface area contributed by atoms with Crippen molar-refractivity contribution in [2.24, 2.45) is 11.7 Å². The predicted octanol–water partition coefficient (Wildman–Crippen LogP) is 2.47.